The average Bonchev–Trinajstić information content (AvgIpc) is 2.96. The van der Waals surface area contributed by atoms with Crippen molar-refractivity contribution in [3.05, 3.63) is 34.4 Å². The van der Waals surface area contributed by atoms with Crippen molar-refractivity contribution in [3.8, 4) is 0 Å². The predicted octanol–water partition coefficient (Wildman–Crippen LogP) is 2.30. The number of hydrogen-bond donors (Lipinski definition) is 2. The molecule has 0 unspecified atom stereocenters. The highest BCUT2D eigenvalue weighted by Gasteiger charge is 2.13. The molecule has 1 aliphatic heterocycles. The zero-order chi connectivity index (χ0) is 16.2. The van der Waals surface area contributed by atoms with Crippen LogP contribution in [-0.4, -0.2) is 67.0 Å². The van der Waals surface area contributed by atoms with Gasteiger partial charge in [-0.3, -0.25) is 4.79 Å². The molecule has 2 aromatic rings. The minimum Gasteiger partial charge on any atom is -0.351 e. The molecule has 1 aliphatic rings. The highest BCUT2D eigenvalue weighted by Crippen LogP contribution is 2.20. The Hall–Kier alpha value is -1.37. The third kappa shape index (κ3) is 4.34. The van der Waals surface area contributed by atoms with Gasteiger partial charge in [0.1, 0.15) is 5.69 Å². The molecule has 2 N–H and O–H groups in total. The van der Waals surface area contributed by atoms with E-state index in [9.17, 15) is 4.79 Å². The van der Waals surface area contributed by atoms with Crippen LogP contribution in [0.25, 0.3) is 10.9 Å². The number of piperazine rings is 1. The molecule has 0 saturated carbocycles. The van der Waals surface area contributed by atoms with Crippen molar-refractivity contribution in [3.63, 3.8) is 0 Å². The Morgan fingerprint density at radius 1 is 1.26 bits per heavy atom. The minimum absolute atomic E-state index is 0.0318. The Morgan fingerprint density at radius 3 is 2.83 bits per heavy atom. The van der Waals surface area contributed by atoms with Crippen molar-refractivity contribution in [1.29, 1.82) is 0 Å². The number of benzene rings is 1. The van der Waals surface area contributed by atoms with E-state index in [2.05, 4.69) is 43.1 Å². The number of H-pyrrole nitrogens is 1. The first-order valence-electron chi connectivity index (χ1n) is 8.09. The first kappa shape index (κ1) is 16.5. The molecule has 1 fully saturated rings. The molecule has 0 aliphatic carbocycles. The molecule has 6 heteroatoms. The maximum Gasteiger partial charge on any atom is 0.267 e. The van der Waals surface area contributed by atoms with E-state index >= 15 is 0 Å². The molecule has 1 aromatic carbocycles. The Bertz CT molecular complexity index is 676. The summed E-state index contributed by atoms with van der Waals surface area (Å²) in [7, 11) is 2.16. The molecule has 124 valence electrons. The van der Waals surface area contributed by atoms with Crippen molar-refractivity contribution in [2.75, 3.05) is 46.3 Å². The number of likely N-dealkylation sites (N-methyl/N-ethyl adjacent to an activating group) is 1. The monoisotopic (exact) mass is 378 g/mol. The summed E-state index contributed by atoms with van der Waals surface area (Å²) in [6.07, 6.45) is 0.987. The average molecular weight is 379 g/mol. The topological polar surface area (TPSA) is 51.4 Å². The summed E-state index contributed by atoms with van der Waals surface area (Å²) in [6, 6.07) is 7.85. The van der Waals surface area contributed by atoms with Crippen LogP contribution in [0.1, 0.15) is 16.9 Å². The fraction of sp³-hybridized carbons (Fsp3) is 0.471. The van der Waals surface area contributed by atoms with Crippen molar-refractivity contribution >= 4 is 32.7 Å². The first-order chi connectivity index (χ1) is 11.1. The highest BCUT2D eigenvalue weighted by atomic mass is 79.9. The van der Waals surface area contributed by atoms with Gasteiger partial charge in [0.15, 0.2) is 0 Å². The molecule has 0 bridgehead atoms. The molecule has 1 amide bonds. The first-order valence-corrected chi connectivity index (χ1v) is 8.88. The highest BCUT2D eigenvalue weighted by molar-refractivity contribution is 9.10. The number of carbonyl (C=O) groups is 1. The molecule has 0 atom stereocenters. The lowest BCUT2D eigenvalue weighted by molar-refractivity contribution is 0.0945. The Kier molecular flexibility index (Phi) is 5.35. The van der Waals surface area contributed by atoms with Crippen LogP contribution in [0.4, 0.5) is 0 Å². The van der Waals surface area contributed by atoms with Crippen molar-refractivity contribution in [1.82, 2.24) is 20.1 Å². The van der Waals surface area contributed by atoms with Gasteiger partial charge in [-0.15, -0.1) is 0 Å². The third-order valence-corrected chi connectivity index (χ3v) is 4.85. The number of nitrogens with one attached hydrogen (secondary N) is 2. The van der Waals surface area contributed by atoms with E-state index in [0.717, 1.165) is 54.5 Å². The molecule has 0 radical (unpaired) electrons. The molecular weight excluding hydrogens is 356 g/mol. The maximum absolute atomic E-state index is 12.2. The van der Waals surface area contributed by atoms with Gasteiger partial charge in [-0.25, -0.2) is 0 Å². The quantitative estimate of drug-likeness (QED) is 0.784. The summed E-state index contributed by atoms with van der Waals surface area (Å²) in [5, 5.41) is 4.05. The van der Waals surface area contributed by atoms with Gasteiger partial charge >= 0.3 is 0 Å². The van der Waals surface area contributed by atoms with E-state index in [1.165, 1.54) is 0 Å². The summed E-state index contributed by atoms with van der Waals surface area (Å²) in [4.78, 5) is 20.2. The van der Waals surface area contributed by atoms with E-state index in [4.69, 9.17) is 0 Å². The predicted molar refractivity (Wildman–Crippen MR) is 96.9 cm³/mol. The van der Waals surface area contributed by atoms with Crippen LogP contribution in [0.15, 0.2) is 28.7 Å². The van der Waals surface area contributed by atoms with Gasteiger partial charge in [0.2, 0.25) is 0 Å². The molecule has 1 saturated heterocycles. The van der Waals surface area contributed by atoms with Crippen LogP contribution >= 0.6 is 15.9 Å². The normalized spacial score (nSPS) is 16.8. The number of carbonyl (C=O) groups excluding carboxylic acids is 1. The molecule has 3 rings (SSSR count). The Labute approximate surface area is 145 Å². The smallest absolute Gasteiger partial charge is 0.267 e. The van der Waals surface area contributed by atoms with Crippen LogP contribution in [0.5, 0.6) is 0 Å². The van der Waals surface area contributed by atoms with Crippen molar-refractivity contribution in [2.45, 2.75) is 6.42 Å². The van der Waals surface area contributed by atoms with Crippen LogP contribution in [0, 0.1) is 0 Å². The second kappa shape index (κ2) is 7.47. The van der Waals surface area contributed by atoms with Gasteiger partial charge in [-0.2, -0.15) is 0 Å². The lowest BCUT2D eigenvalue weighted by Gasteiger charge is -2.32. The molecule has 1 aromatic heterocycles. The van der Waals surface area contributed by atoms with Gasteiger partial charge < -0.3 is 20.1 Å². The number of aromatic nitrogens is 1. The third-order valence-electron chi connectivity index (χ3n) is 4.36. The van der Waals surface area contributed by atoms with E-state index < -0.39 is 0 Å². The second-order valence-electron chi connectivity index (χ2n) is 6.17. The molecule has 23 heavy (non-hydrogen) atoms. The van der Waals surface area contributed by atoms with Gasteiger partial charge in [0, 0.05) is 48.1 Å². The number of rotatable bonds is 5. The summed E-state index contributed by atoms with van der Waals surface area (Å²) < 4.78 is 1.02. The molecule has 0 spiro atoms. The summed E-state index contributed by atoms with van der Waals surface area (Å²) in [6.45, 7) is 6.29. The summed E-state index contributed by atoms with van der Waals surface area (Å²) in [5.74, 6) is -0.0318. The zero-order valence-corrected chi connectivity index (χ0v) is 15.0. The number of nitrogens with zero attached hydrogens (tertiary/aromatic N) is 2. The van der Waals surface area contributed by atoms with Crippen LogP contribution < -0.4 is 5.32 Å². The molecule has 2 heterocycles. The minimum atomic E-state index is -0.0318. The van der Waals surface area contributed by atoms with Gasteiger partial charge in [0.05, 0.1) is 0 Å². The van der Waals surface area contributed by atoms with Crippen molar-refractivity contribution < 1.29 is 4.79 Å². The standard InChI is InChI=1S/C17H23BrN4O/c1-21-7-9-22(10-8-21)6-2-5-19-17(23)16-12-13-11-14(18)3-4-15(13)20-16/h3-4,11-12,20H,2,5-10H2,1H3,(H,19,23). The molecular formula is C17H23BrN4O. The summed E-state index contributed by atoms with van der Waals surface area (Å²) in [5.41, 5.74) is 1.61. The van der Waals surface area contributed by atoms with Gasteiger partial charge in [-0.05, 0) is 44.3 Å². The second-order valence-corrected chi connectivity index (χ2v) is 7.08. The van der Waals surface area contributed by atoms with Crippen molar-refractivity contribution in [2.24, 2.45) is 0 Å². The Balaban J connectivity index is 1.45. The SMILES string of the molecule is CN1CCN(CCCNC(=O)c2cc3cc(Br)ccc3[nH]2)CC1. The number of fused-ring (bicyclic) bond motifs is 1. The maximum atomic E-state index is 12.2. The van der Waals surface area contributed by atoms with Crippen LogP contribution in [0.2, 0.25) is 0 Å². The van der Waals surface area contributed by atoms with Gasteiger partial charge in [-0.1, -0.05) is 15.9 Å². The zero-order valence-electron chi connectivity index (χ0n) is 13.4. The van der Waals surface area contributed by atoms with Crippen LogP contribution in [0.3, 0.4) is 0 Å². The number of halogens is 1. The van der Waals surface area contributed by atoms with E-state index in [1.54, 1.807) is 0 Å². The van der Waals surface area contributed by atoms with E-state index in [1.807, 2.05) is 24.3 Å². The van der Waals surface area contributed by atoms with E-state index in [0.29, 0.717) is 12.2 Å². The fourth-order valence-electron chi connectivity index (χ4n) is 2.90. The summed E-state index contributed by atoms with van der Waals surface area (Å²) >= 11 is 3.45. The number of aromatic amines is 1. The van der Waals surface area contributed by atoms with Crippen LogP contribution in [-0.2, 0) is 0 Å². The lowest BCUT2D eigenvalue weighted by Crippen LogP contribution is -2.45. The largest absolute Gasteiger partial charge is 0.351 e. The van der Waals surface area contributed by atoms with E-state index in [-0.39, 0.29) is 5.91 Å². The Morgan fingerprint density at radius 2 is 2.04 bits per heavy atom. The number of amides is 1. The van der Waals surface area contributed by atoms with Gasteiger partial charge in [0.25, 0.3) is 5.91 Å². The number of hydrogen-bond acceptors (Lipinski definition) is 3. The lowest BCUT2D eigenvalue weighted by atomic mass is 10.2. The fourth-order valence-corrected chi connectivity index (χ4v) is 3.28. The molecule has 5 nitrogen and oxygen atoms in total.